The number of aromatic nitrogens is 3. The molecule has 1 saturated carbocycles. The molecule has 0 radical (unpaired) electrons. The zero-order valence-electron chi connectivity index (χ0n) is 12.8. The largest absolute Gasteiger partial charge is 0.511 e. The molecule has 2 aromatic rings. The van der Waals surface area contributed by atoms with E-state index in [1.165, 1.54) is 12.4 Å². The van der Waals surface area contributed by atoms with E-state index in [1.54, 1.807) is 0 Å². The Hall–Kier alpha value is -2.68. The Bertz CT molecular complexity index is 855. The second-order valence-electron chi connectivity index (χ2n) is 5.84. The van der Waals surface area contributed by atoms with E-state index in [4.69, 9.17) is 9.84 Å². The maximum absolute atomic E-state index is 12.4. The summed E-state index contributed by atoms with van der Waals surface area (Å²) < 4.78 is 11.8. The lowest BCUT2D eigenvalue weighted by atomic mass is 10.3. The highest BCUT2D eigenvalue weighted by Crippen LogP contribution is 2.37. The topological polar surface area (TPSA) is 107 Å². The zero-order chi connectivity index (χ0) is 16.7. The van der Waals surface area contributed by atoms with Crippen molar-refractivity contribution >= 4 is 23.1 Å². The molecule has 0 amide bonds. The van der Waals surface area contributed by atoms with Gasteiger partial charge in [0.1, 0.15) is 5.65 Å². The highest BCUT2D eigenvalue weighted by Gasteiger charge is 2.28. The molecule has 3 heterocycles. The molecule has 2 fully saturated rings. The van der Waals surface area contributed by atoms with Crippen LogP contribution < -0.4 is 15.1 Å². The summed E-state index contributed by atoms with van der Waals surface area (Å²) in [7, 11) is 0. The molecule has 1 N–H and O–H groups in total. The molecule has 0 unspecified atom stereocenters. The van der Waals surface area contributed by atoms with Crippen molar-refractivity contribution in [3.8, 4) is 5.75 Å². The van der Waals surface area contributed by atoms with Gasteiger partial charge in [-0.15, -0.1) is 0 Å². The fourth-order valence-electron chi connectivity index (χ4n) is 2.81. The van der Waals surface area contributed by atoms with E-state index < -0.39 is 11.6 Å². The highest BCUT2D eigenvalue weighted by molar-refractivity contribution is 5.78. The normalized spacial score (nSPS) is 17.9. The van der Waals surface area contributed by atoms with Crippen molar-refractivity contribution in [2.45, 2.75) is 18.9 Å². The molecule has 0 spiro atoms. The van der Waals surface area contributed by atoms with Gasteiger partial charge in [0.05, 0.1) is 24.8 Å². The van der Waals surface area contributed by atoms with Crippen molar-refractivity contribution in [3.05, 3.63) is 22.6 Å². The van der Waals surface area contributed by atoms with E-state index in [2.05, 4.69) is 14.7 Å². The van der Waals surface area contributed by atoms with Gasteiger partial charge in [-0.1, -0.05) is 0 Å². The number of carboxylic acid groups (broad SMARTS) is 1. The van der Waals surface area contributed by atoms with Crippen molar-refractivity contribution in [2.24, 2.45) is 0 Å². The summed E-state index contributed by atoms with van der Waals surface area (Å²) >= 11 is 0. The van der Waals surface area contributed by atoms with E-state index in [0.717, 1.165) is 12.8 Å². The van der Waals surface area contributed by atoms with Crippen LogP contribution in [0.2, 0.25) is 0 Å². The quantitative estimate of drug-likeness (QED) is 0.830. The SMILES string of the molecule is O=C(O)Oc1cn(C2CC2)c2nc(N3CCOCC3)ncc2c1=O. The molecule has 4 rings (SSSR count). The van der Waals surface area contributed by atoms with Gasteiger partial charge in [-0.2, -0.15) is 4.98 Å². The first kappa shape index (κ1) is 14.9. The molecule has 126 valence electrons. The Kier molecular flexibility index (Phi) is 3.57. The first-order valence-corrected chi connectivity index (χ1v) is 7.79. The summed E-state index contributed by atoms with van der Waals surface area (Å²) in [6.07, 6.45) is 3.29. The third-order valence-electron chi connectivity index (χ3n) is 4.16. The number of morpholine rings is 1. The Morgan fingerprint density at radius 2 is 2.08 bits per heavy atom. The van der Waals surface area contributed by atoms with E-state index in [1.807, 2.05) is 9.47 Å². The monoisotopic (exact) mass is 332 g/mol. The van der Waals surface area contributed by atoms with Gasteiger partial charge in [0.25, 0.3) is 0 Å². The van der Waals surface area contributed by atoms with Gasteiger partial charge >= 0.3 is 6.16 Å². The van der Waals surface area contributed by atoms with Crippen molar-refractivity contribution in [1.29, 1.82) is 0 Å². The van der Waals surface area contributed by atoms with Crippen LogP contribution in [0.15, 0.2) is 17.2 Å². The lowest BCUT2D eigenvalue weighted by Gasteiger charge is -2.27. The van der Waals surface area contributed by atoms with Crippen LogP contribution in [-0.4, -0.2) is 52.1 Å². The van der Waals surface area contributed by atoms with Gasteiger partial charge in [0.2, 0.25) is 11.4 Å². The third kappa shape index (κ3) is 2.67. The van der Waals surface area contributed by atoms with Crippen LogP contribution >= 0.6 is 0 Å². The number of rotatable bonds is 3. The fraction of sp³-hybridized carbons (Fsp3) is 0.467. The number of nitrogens with zero attached hydrogens (tertiary/aromatic N) is 4. The summed E-state index contributed by atoms with van der Waals surface area (Å²) in [5.74, 6) is 0.330. The molecule has 24 heavy (non-hydrogen) atoms. The minimum atomic E-state index is -1.51. The number of carbonyl (C=O) groups is 1. The maximum atomic E-state index is 12.4. The van der Waals surface area contributed by atoms with Gasteiger partial charge < -0.3 is 24.0 Å². The summed E-state index contributed by atoms with van der Waals surface area (Å²) in [5, 5.41) is 9.06. The molecule has 1 aliphatic heterocycles. The molecular weight excluding hydrogens is 316 g/mol. The molecule has 2 aromatic heterocycles. The summed E-state index contributed by atoms with van der Waals surface area (Å²) in [6, 6.07) is 0.205. The molecule has 0 aromatic carbocycles. The smallest absolute Gasteiger partial charge is 0.449 e. The van der Waals surface area contributed by atoms with Crippen molar-refractivity contribution < 1.29 is 19.4 Å². The molecule has 9 nitrogen and oxygen atoms in total. The van der Waals surface area contributed by atoms with Gasteiger partial charge in [-0.25, -0.2) is 9.78 Å². The minimum Gasteiger partial charge on any atom is -0.449 e. The van der Waals surface area contributed by atoms with Crippen LogP contribution in [0, 0.1) is 0 Å². The molecule has 2 aliphatic rings. The van der Waals surface area contributed by atoms with Crippen molar-refractivity contribution in [2.75, 3.05) is 31.2 Å². The van der Waals surface area contributed by atoms with Crippen LogP contribution in [0.1, 0.15) is 18.9 Å². The average molecular weight is 332 g/mol. The summed E-state index contributed by atoms with van der Waals surface area (Å²) in [5.41, 5.74) is -0.00504. The van der Waals surface area contributed by atoms with Gasteiger partial charge in [-0.05, 0) is 12.8 Å². The number of anilines is 1. The number of ether oxygens (including phenoxy) is 2. The summed E-state index contributed by atoms with van der Waals surface area (Å²) in [4.78, 5) is 34.1. The lowest BCUT2D eigenvalue weighted by Crippen LogP contribution is -2.37. The van der Waals surface area contributed by atoms with Gasteiger partial charge in [0, 0.05) is 25.3 Å². The first-order valence-electron chi connectivity index (χ1n) is 7.79. The Labute approximate surface area is 136 Å². The second-order valence-corrected chi connectivity index (χ2v) is 5.84. The number of fused-ring (bicyclic) bond motifs is 1. The van der Waals surface area contributed by atoms with Gasteiger partial charge in [-0.3, -0.25) is 4.79 Å². The van der Waals surface area contributed by atoms with Gasteiger partial charge in [0.15, 0.2) is 5.75 Å². The summed E-state index contributed by atoms with van der Waals surface area (Å²) in [6.45, 7) is 2.61. The highest BCUT2D eigenvalue weighted by atomic mass is 16.7. The predicted molar refractivity (Wildman–Crippen MR) is 83.8 cm³/mol. The van der Waals surface area contributed by atoms with E-state index >= 15 is 0 Å². The second kappa shape index (κ2) is 5.75. The average Bonchev–Trinajstić information content (AvgIpc) is 3.42. The molecular formula is C15H16N4O5. The van der Waals surface area contributed by atoms with Crippen molar-refractivity contribution in [1.82, 2.24) is 14.5 Å². The molecule has 1 saturated heterocycles. The zero-order valence-corrected chi connectivity index (χ0v) is 12.8. The van der Waals surface area contributed by atoms with Crippen LogP contribution in [0.3, 0.4) is 0 Å². The van der Waals surface area contributed by atoms with E-state index in [-0.39, 0.29) is 17.2 Å². The van der Waals surface area contributed by atoms with E-state index in [9.17, 15) is 9.59 Å². The van der Waals surface area contributed by atoms with Crippen LogP contribution in [0.4, 0.5) is 10.7 Å². The third-order valence-corrected chi connectivity index (χ3v) is 4.16. The molecule has 0 atom stereocenters. The minimum absolute atomic E-state index is 0.205. The van der Waals surface area contributed by atoms with E-state index in [0.29, 0.717) is 37.9 Å². The molecule has 1 aliphatic carbocycles. The number of hydrogen-bond acceptors (Lipinski definition) is 7. The fourth-order valence-corrected chi connectivity index (χ4v) is 2.81. The lowest BCUT2D eigenvalue weighted by molar-refractivity contribution is 0.122. The van der Waals surface area contributed by atoms with Crippen LogP contribution in [0.5, 0.6) is 5.75 Å². The number of hydrogen-bond donors (Lipinski definition) is 1. The Morgan fingerprint density at radius 3 is 2.75 bits per heavy atom. The maximum Gasteiger partial charge on any atom is 0.511 e. The molecule has 9 heteroatoms. The Balaban J connectivity index is 1.84. The van der Waals surface area contributed by atoms with Crippen LogP contribution in [0.25, 0.3) is 11.0 Å². The standard InChI is InChI=1S/C15H16N4O5/c20-12-10-7-16-14(18-3-5-23-6-4-18)17-13(10)19(9-1-2-9)8-11(12)24-15(21)22/h7-9H,1-6H2,(H,21,22). The van der Waals surface area contributed by atoms with Crippen molar-refractivity contribution in [3.63, 3.8) is 0 Å². The number of pyridine rings is 1. The predicted octanol–water partition coefficient (Wildman–Crippen LogP) is 1.02. The first-order chi connectivity index (χ1) is 11.6. The van der Waals surface area contributed by atoms with Crippen LogP contribution in [-0.2, 0) is 4.74 Å². The molecule has 0 bridgehead atoms. The Morgan fingerprint density at radius 1 is 1.33 bits per heavy atom.